The van der Waals surface area contributed by atoms with Crippen LogP contribution >= 0.6 is 11.8 Å². The minimum atomic E-state index is -0.364. The van der Waals surface area contributed by atoms with Crippen molar-refractivity contribution >= 4 is 34.7 Å². The number of phenolic OH excluding ortho intramolecular Hbond substituents is 1. The van der Waals surface area contributed by atoms with Crippen molar-refractivity contribution in [3.8, 4) is 5.75 Å². The average molecular weight is 325 g/mol. The Balaban J connectivity index is 2.01. The van der Waals surface area contributed by atoms with Crippen LogP contribution in [-0.4, -0.2) is 16.3 Å². The molecule has 1 aliphatic heterocycles. The molecule has 3 rings (SSSR count). The minimum Gasteiger partial charge on any atom is -0.507 e. The number of aryl methyl sites for hydroxylation is 2. The van der Waals surface area contributed by atoms with Gasteiger partial charge in [0, 0.05) is 5.56 Å². The highest BCUT2D eigenvalue weighted by Gasteiger charge is 2.37. The molecule has 2 aromatic rings. The molecule has 0 spiro atoms. The van der Waals surface area contributed by atoms with Gasteiger partial charge < -0.3 is 5.11 Å². The van der Waals surface area contributed by atoms with Crippen LogP contribution in [0.3, 0.4) is 0 Å². The summed E-state index contributed by atoms with van der Waals surface area (Å²) in [6.45, 7) is 3.78. The number of nitrogens with zero attached hydrogens (tertiary/aromatic N) is 1. The van der Waals surface area contributed by atoms with Gasteiger partial charge in [0.15, 0.2) is 0 Å². The Morgan fingerprint density at radius 2 is 1.83 bits per heavy atom. The summed E-state index contributed by atoms with van der Waals surface area (Å²) in [4.78, 5) is 26.4. The highest BCUT2D eigenvalue weighted by Crippen LogP contribution is 2.38. The Kier molecular flexibility index (Phi) is 3.96. The molecule has 4 nitrogen and oxygen atoms in total. The maximum Gasteiger partial charge on any atom is 0.298 e. The first-order valence-corrected chi connectivity index (χ1v) is 7.92. The number of phenols is 1. The molecule has 0 aliphatic carbocycles. The van der Waals surface area contributed by atoms with Crippen LogP contribution in [0.25, 0.3) is 6.08 Å². The Bertz CT molecular complexity index is 842. The first-order valence-electron chi connectivity index (χ1n) is 7.10. The summed E-state index contributed by atoms with van der Waals surface area (Å²) >= 11 is 0.882. The molecule has 0 bridgehead atoms. The predicted molar refractivity (Wildman–Crippen MR) is 92.5 cm³/mol. The molecule has 1 saturated heterocycles. The van der Waals surface area contributed by atoms with Gasteiger partial charge >= 0.3 is 0 Å². The summed E-state index contributed by atoms with van der Waals surface area (Å²) < 4.78 is 0. The van der Waals surface area contributed by atoms with Gasteiger partial charge in [-0.15, -0.1) is 0 Å². The largest absolute Gasteiger partial charge is 0.507 e. The maximum absolute atomic E-state index is 12.6. The van der Waals surface area contributed by atoms with E-state index in [0.29, 0.717) is 16.2 Å². The lowest BCUT2D eigenvalue weighted by atomic mass is 10.1. The molecule has 1 N–H and O–H groups in total. The number of carbonyl (C=O) groups is 2. The molecule has 0 saturated carbocycles. The number of hydrogen-bond acceptors (Lipinski definition) is 4. The quantitative estimate of drug-likeness (QED) is 0.839. The van der Waals surface area contributed by atoms with Gasteiger partial charge in [-0.2, -0.15) is 0 Å². The molecule has 1 heterocycles. The van der Waals surface area contributed by atoms with Gasteiger partial charge in [-0.1, -0.05) is 30.3 Å². The molecule has 0 atom stereocenters. The van der Waals surface area contributed by atoms with Gasteiger partial charge in [-0.3, -0.25) is 9.59 Å². The van der Waals surface area contributed by atoms with Crippen molar-refractivity contribution in [2.45, 2.75) is 13.8 Å². The number of hydrogen-bond donors (Lipinski definition) is 1. The van der Waals surface area contributed by atoms with Crippen LogP contribution in [0.4, 0.5) is 10.5 Å². The number of aromatic hydroxyl groups is 1. The second-order valence-corrected chi connectivity index (χ2v) is 6.36. The van der Waals surface area contributed by atoms with Crippen LogP contribution in [0.2, 0.25) is 0 Å². The number of anilines is 1. The minimum absolute atomic E-state index is 0.0750. The number of thioether (sulfide) groups is 1. The lowest BCUT2D eigenvalue weighted by Gasteiger charge is -2.16. The van der Waals surface area contributed by atoms with E-state index in [1.54, 1.807) is 30.3 Å². The molecular formula is C18H15NO3S. The van der Waals surface area contributed by atoms with Crippen molar-refractivity contribution in [2.24, 2.45) is 0 Å². The van der Waals surface area contributed by atoms with Crippen molar-refractivity contribution in [3.05, 3.63) is 64.1 Å². The van der Waals surface area contributed by atoms with E-state index in [9.17, 15) is 14.7 Å². The van der Waals surface area contributed by atoms with E-state index in [1.807, 2.05) is 32.0 Å². The zero-order valence-electron chi connectivity index (χ0n) is 12.7. The molecule has 2 aromatic carbocycles. The Hall–Kier alpha value is -2.53. The summed E-state index contributed by atoms with van der Waals surface area (Å²) in [7, 11) is 0. The number of amides is 2. The van der Waals surface area contributed by atoms with Crippen molar-refractivity contribution < 1.29 is 14.7 Å². The molecule has 1 fully saturated rings. The Morgan fingerprint density at radius 1 is 1.09 bits per heavy atom. The highest BCUT2D eigenvalue weighted by molar-refractivity contribution is 8.19. The third kappa shape index (κ3) is 2.87. The number of carbonyl (C=O) groups excluding carboxylic acids is 2. The van der Waals surface area contributed by atoms with Gasteiger partial charge in [0.1, 0.15) is 5.75 Å². The van der Waals surface area contributed by atoms with Gasteiger partial charge in [-0.05, 0) is 54.9 Å². The Labute approximate surface area is 138 Å². The molecule has 0 radical (unpaired) electrons. The summed E-state index contributed by atoms with van der Waals surface area (Å²) in [5, 5.41) is 9.49. The number of rotatable bonds is 2. The van der Waals surface area contributed by atoms with E-state index in [2.05, 4.69) is 0 Å². The maximum atomic E-state index is 12.6. The fourth-order valence-electron chi connectivity index (χ4n) is 2.39. The van der Waals surface area contributed by atoms with Crippen molar-refractivity contribution in [3.63, 3.8) is 0 Å². The smallest absolute Gasteiger partial charge is 0.298 e. The molecule has 5 heteroatoms. The van der Waals surface area contributed by atoms with E-state index in [4.69, 9.17) is 0 Å². The third-order valence-corrected chi connectivity index (χ3v) is 4.49. The summed E-state index contributed by atoms with van der Waals surface area (Å²) in [6, 6.07) is 12.4. The molecule has 116 valence electrons. The zero-order valence-corrected chi connectivity index (χ0v) is 13.6. The topological polar surface area (TPSA) is 57.6 Å². The Morgan fingerprint density at radius 3 is 2.57 bits per heavy atom. The standard InChI is InChI=1S/C18H15NO3S/c1-11-7-8-12(2)14(9-11)19-17(21)16(23-18(19)22)10-13-5-3-4-6-15(13)20/h3-10,20H,1-2H3/b16-10-. The molecule has 1 aliphatic rings. The average Bonchev–Trinajstić information content (AvgIpc) is 2.79. The molecule has 0 unspecified atom stereocenters. The lowest BCUT2D eigenvalue weighted by molar-refractivity contribution is -0.113. The lowest BCUT2D eigenvalue weighted by Crippen LogP contribution is -2.28. The van der Waals surface area contributed by atoms with Crippen molar-refractivity contribution in [1.82, 2.24) is 0 Å². The molecule has 23 heavy (non-hydrogen) atoms. The first-order chi connectivity index (χ1) is 11.0. The van der Waals surface area contributed by atoms with Gasteiger partial charge in [-0.25, -0.2) is 4.90 Å². The third-order valence-electron chi connectivity index (χ3n) is 3.62. The highest BCUT2D eigenvalue weighted by atomic mass is 32.2. The van der Waals surface area contributed by atoms with Crippen LogP contribution < -0.4 is 4.90 Å². The van der Waals surface area contributed by atoms with E-state index in [1.165, 1.54) is 4.90 Å². The van der Waals surface area contributed by atoms with E-state index >= 15 is 0 Å². The number of imide groups is 1. The fourth-order valence-corrected chi connectivity index (χ4v) is 3.21. The van der Waals surface area contributed by atoms with Crippen LogP contribution in [0.1, 0.15) is 16.7 Å². The molecule has 0 aromatic heterocycles. The van der Waals surface area contributed by atoms with Crippen LogP contribution in [0.5, 0.6) is 5.75 Å². The SMILES string of the molecule is Cc1ccc(C)c(N2C(=O)S/C(=C\c3ccccc3O)C2=O)c1. The van der Waals surface area contributed by atoms with E-state index in [-0.39, 0.29) is 16.9 Å². The van der Waals surface area contributed by atoms with Crippen molar-refractivity contribution in [2.75, 3.05) is 4.90 Å². The summed E-state index contributed by atoms with van der Waals surface area (Å²) in [5.41, 5.74) is 2.96. The first kappa shape index (κ1) is 15.4. The van der Waals surface area contributed by atoms with Crippen LogP contribution in [0.15, 0.2) is 47.4 Å². The number of para-hydroxylation sites is 1. The second kappa shape index (κ2) is 5.93. The van der Waals surface area contributed by atoms with Gasteiger partial charge in [0.2, 0.25) is 0 Å². The van der Waals surface area contributed by atoms with Crippen molar-refractivity contribution in [1.29, 1.82) is 0 Å². The zero-order chi connectivity index (χ0) is 16.6. The van der Waals surface area contributed by atoms with Crippen LogP contribution in [-0.2, 0) is 4.79 Å². The van der Waals surface area contributed by atoms with Gasteiger partial charge in [0.05, 0.1) is 10.6 Å². The monoisotopic (exact) mass is 325 g/mol. The van der Waals surface area contributed by atoms with E-state index < -0.39 is 0 Å². The van der Waals surface area contributed by atoms with Gasteiger partial charge in [0.25, 0.3) is 11.1 Å². The normalized spacial score (nSPS) is 16.4. The summed E-state index contributed by atoms with van der Waals surface area (Å²) in [6.07, 6.45) is 1.55. The fraction of sp³-hybridized carbons (Fsp3) is 0.111. The molecule has 2 amide bonds. The number of benzene rings is 2. The molecular weight excluding hydrogens is 310 g/mol. The van der Waals surface area contributed by atoms with Crippen LogP contribution in [0, 0.1) is 13.8 Å². The predicted octanol–water partition coefficient (Wildman–Crippen LogP) is 4.25. The summed E-state index contributed by atoms with van der Waals surface area (Å²) in [5.74, 6) is -0.289. The second-order valence-electron chi connectivity index (χ2n) is 5.37. The van der Waals surface area contributed by atoms with E-state index in [0.717, 1.165) is 22.9 Å².